The molecule has 1 amide bonds. The number of halogens is 1. The van der Waals surface area contributed by atoms with Crippen LogP contribution in [0, 0.1) is 0 Å². The zero-order chi connectivity index (χ0) is 18.9. The van der Waals surface area contributed by atoms with Crippen molar-refractivity contribution in [1.82, 2.24) is 0 Å². The van der Waals surface area contributed by atoms with Gasteiger partial charge in [-0.1, -0.05) is 23.7 Å². The molecule has 0 aromatic heterocycles. The van der Waals surface area contributed by atoms with Gasteiger partial charge in [0.15, 0.2) is 6.79 Å². The Hall–Kier alpha value is -2.70. The monoisotopic (exact) mass is 377 g/mol. The SMILES string of the molecule is COCOc1ccc(/C=C/C(=O)Nc2cc(OC)c(Cl)cc2OC)cc1. The molecule has 2 aromatic carbocycles. The summed E-state index contributed by atoms with van der Waals surface area (Å²) in [6.45, 7) is 0.185. The van der Waals surface area contributed by atoms with E-state index in [0.29, 0.717) is 28.0 Å². The molecule has 138 valence electrons. The van der Waals surface area contributed by atoms with Crippen LogP contribution in [0.2, 0.25) is 5.02 Å². The first-order chi connectivity index (χ1) is 12.6. The first-order valence-electron chi connectivity index (χ1n) is 7.69. The van der Waals surface area contributed by atoms with Crippen molar-refractivity contribution in [2.75, 3.05) is 33.4 Å². The Bertz CT molecular complexity index is 774. The second kappa shape index (κ2) is 9.70. The predicted molar refractivity (Wildman–Crippen MR) is 101 cm³/mol. The van der Waals surface area contributed by atoms with E-state index in [1.807, 2.05) is 12.1 Å². The third-order valence-electron chi connectivity index (χ3n) is 3.38. The zero-order valence-electron chi connectivity index (χ0n) is 14.7. The molecule has 2 rings (SSSR count). The van der Waals surface area contributed by atoms with Crippen molar-refractivity contribution >= 4 is 29.3 Å². The highest BCUT2D eigenvalue weighted by Crippen LogP contribution is 2.35. The van der Waals surface area contributed by atoms with Gasteiger partial charge >= 0.3 is 0 Å². The van der Waals surface area contributed by atoms with Crippen molar-refractivity contribution in [3.8, 4) is 17.2 Å². The van der Waals surface area contributed by atoms with Gasteiger partial charge in [0, 0.05) is 25.3 Å². The molecular formula is C19H20ClNO5. The molecule has 0 aliphatic rings. The Morgan fingerprint density at radius 3 is 2.38 bits per heavy atom. The molecule has 0 bridgehead atoms. The number of rotatable bonds is 8. The second-order valence-electron chi connectivity index (χ2n) is 5.13. The van der Waals surface area contributed by atoms with Crippen LogP contribution < -0.4 is 19.5 Å². The zero-order valence-corrected chi connectivity index (χ0v) is 15.5. The average molecular weight is 378 g/mol. The molecule has 0 aliphatic heterocycles. The van der Waals surface area contributed by atoms with Crippen LogP contribution >= 0.6 is 11.6 Å². The van der Waals surface area contributed by atoms with Gasteiger partial charge in [-0.2, -0.15) is 0 Å². The average Bonchev–Trinajstić information content (AvgIpc) is 2.66. The summed E-state index contributed by atoms with van der Waals surface area (Å²) in [6.07, 6.45) is 3.11. The summed E-state index contributed by atoms with van der Waals surface area (Å²) in [6, 6.07) is 10.4. The van der Waals surface area contributed by atoms with Gasteiger partial charge in [-0.15, -0.1) is 0 Å². The molecule has 1 N–H and O–H groups in total. The van der Waals surface area contributed by atoms with Gasteiger partial charge in [-0.3, -0.25) is 4.79 Å². The topological polar surface area (TPSA) is 66.0 Å². The van der Waals surface area contributed by atoms with Crippen molar-refractivity contribution in [3.63, 3.8) is 0 Å². The van der Waals surface area contributed by atoms with Crippen molar-refractivity contribution in [3.05, 3.63) is 53.1 Å². The number of benzene rings is 2. The molecule has 0 saturated carbocycles. The normalized spacial score (nSPS) is 10.6. The number of nitrogens with one attached hydrogen (secondary N) is 1. The van der Waals surface area contributed by atoms with Crippen LogP contribution in [-0.4, -0.2) is 34.0 Å². The van der Waals surface area contributed by atoms with Gasteiger partial charge in [0.2, 0.25) is 5.91 Å². The van der Waals surface area contributed by atoms with Crippen molar-refractivity contribution < 1.29 is 23.7 Å². The molecule has 0 atom stereocenters. The Morgan fingerprint density at radius 2 is 1.77 bits per heavy atom. The highest BCUT2D eigenvalue weighted by atomic mass is 35.5. The molecular weight excluding hydrogens is 358 g/mol. The van der Waals surface area contributed by atoms with E-state index in [-0.39, 0.29) is 12.7 Å². The molecule has 0 saturated heterocycles. The van der Waals surface area contributed by atoms with E-state index >= 15 is 0 Å². The predicted octanol–water partition coefficient (Wildman–Crippen LogP) is 3.99. The van der Waals surface area contributed by atoms with Gasteiger partial charge in [-0.25, -0.2) is 0 Å². The first-order valence-corrected chi connectivity index (χ1v) is 8.07. The number of anilines is 1. The molecule has 0 spiro atoms. The number of methoxy groups -OCH3 is 3. The first kappa shape index (κ1) is 19.6. The molecule has 0 unspecified atom stereocenters. The molecule has 0 aliphatic carbocycles. The van der Waals surface area contributed by atoms with Gasteiger partial charge in [0.25, 0.3) is 0 Å². The second-order valence-corrected chi connectivity index (χ2v) is 5.54. The lowest BCUT2D eigenvalue weighted by Gasteiger charge is -2.12. The third-order valence-corrected chi connectivity index (χ3v) is 3.68. The molecule has 0 heterocycles. The summed E-state index contributed by atoms with van der Waals surface area (Å²) in [7, 11) is 4.55. The summed E-state index contributed by atoms with van der Waals surface area (Å²) < 4.78 is 20.5. The number of hydrogen-bond acceptors (Lipinski definition) is 5. The third kappa shape index (κ3) is 5.40. The molecule has 6 nitrogen and oxygen atoms in total. The quantitative estimate of drug-likeness (QED) is 0.556. The number of amides is 1. The fourth-order valence-corrected chi connectivity index (χ4v) is 2.34. The number of hydrogen-bond donors (Lipinski definition) is 1. The van der Waals surface area contributed by atoms with Crippen molar-refractivity contribution in [2.24, 2.45) is 0 Å². The Labute approximate surface area is 157 Å². The van der Waals surface area contributed by atoms with Gasteiger partial charge < -0.3 is 24.3 Å². The van der Waals surface area contributed by atoms with Crippen LogP contribution in [0.1, 0.15) is 5.56 Å². The van der Waals surface area contributed by atoms with E-state index < -0.39 is 0 Å². The highest BCUT2D eigenvalue weighted by Gasteiger charge is 2.11. The van der Waals surface area contributed by atoms with Crippen molar-refractivity contribution in [1.29, 1.82) is 0 Å². The Morgan fingerprint density at radius 1 is 1.08 bits per heavy atom. The minimum Gasteiger partial charge on any atom is -0.495 e. The lowest BCUT2D eigenvalue weighted by Crippen LogP contribution is -2.09. The number of carbonyl (C=O) groups excluding carboxylic acids is 1. The Kier molecular flexibility index (Phi) is 7.32. The van der Waals surface area contributed by atoms with Crippen LogP contribution in [0.3, 0.4) is 0 Å². The summed E-state index contributed by atoms with van der Waals surface area (Å²) in [4.78, 5) is 12.2. The van der Waals surface area contributed by atoms with Gasteiger partial charge in [0.05, 0.1) is 24.9 Å². The standard InChI is InChI=1S/C19H20ClNO5/c1-23-12-26-14-7-4-13(5-8-14)6-9-19(22)21-16-11-17(24-2)15(20)10-18(16)25-3/h4-11H,12H2,1-3H3,(H,21,22)/b9-6+. The fourth-order valence-electron chi connectivity index (χ4n) is 2.11. The minimum absolute atomic E-state index is 0.185. The number of carbonyl (C=O) groups is 1. The molecule has 26 heavy (non-hydrogen) atoms. The largest absolute Gasteiger partial charge is 0.495 e. The molecule has 7 heteroatoms. The van der Waals surface area contributed by atoms with E-state index in [9.17, 15) is 4.79 Å². The maximum atomic E-state index is 12.2. The van der Waals surface area contributed by atoms with E-state index in [1.54, 1.807) is 37.5 Å². The summed E-state index contributed by atoms with van der Waals surface area (Å²) in [5, 5.41) is 3.14. The van der Waals surface area contributed by atoms with Crippen LogP contribution in [0.4, 0.5) is 5.69 Å². The van der Waals surface area contributed by atoms with E-state index in [1.165, 1.54) is 20.3 Å². The molecule has 0 radical (unpaired) electrons. The minimum atomic E-state index is -0.313. The van der Waals surface area contributed by atoms with E-state index in [0.717, 1.165) is 5.56 Å². The number of ether oxygens (including phenoxy) is 4. The maximum Gasteiger partial charge on any atom is 0.248 e. The molecule has 0 fully saturated rings. The van der Waals surface area contributed by atoms with Crippen LogP contribution in [0.5, 0.6) is 17.2 Å². The lowest BCUT2D eigenvalue weighted by atomic mass is 10.2. The lowest BCUT2D eigenvalue weighted by molar-refractivity contribution is -0.111. The summed E-state index contributed by atoms with van der Waals surface area (Å²) in [5.74, 6) is 1.26. The summed E-state index contributed by atoms with van der Waals surface area (Å²) in [5.41, 5.74) is 1.32. The fraction of sp³-hybridized carbons (Fsp3) is 0.211. The maximum absolute atomic E-state index is 12.2. The van der Waals surface area contributed by atoms with Crippen molar-refractivity contribution in [2.45, 2.75) is 0 Å². The van der Waals surface area contributed by atoms with E-state index in [2.05, 4.69) is 5.32 Å². The van der Waals surface area contributed by atoms with Crippen LogP contribution in [0.25, 0.3) is 6.08 Å². The van der Waals surface area contributed by atoms with Crippen LogP contribution in [0.15, 0.2) is 42.5 Å². The van der Waals surface area contributed by atoms with Gasteiger partial charge in [0.1, 0.15) is 17.2 Å². The summed E-state index contributed by atoms with van der Waals surface area (Å²) >= 11 is 6.05. The molecule has 2 aromatic rings. The highest BCUT2D eigenvalue weighted by molar-refractivity contribution is 6.32. The Balaban J connectivity index is 2.05. The van der Waals surface area contributed by atoms with Crippen LogP contribution in [-0.2, 0) is 9.53 Å². The smallest absolute Gasteiger partial charge is 0.248 e. The van der Waals surface area contributed by atoms with Gasteiger partial charge in [-0.05, 0) is 23.8 Å². The van der Waals surface area contributed by atoms with E-state index in [4.69, 9.17) is 30.5 Å².